The summed E-state index contributed by atoms with van der Waals surface area (Å²) in [6, 6.07) is 0. The Kier molecular flexibility index (Phi) is 5.63. The largest absolute Gasteiger partial charge is 0.368 e. The van der Waals surface area contributed by atoms with Crippen LogP contribution in [0.4, 0.5) is 0 Å². The zero-order chi connectivity index (χ0) is 15.5. The number of carbonyl (C=O) groups is 1. The van der Waals surface area contributed by atoms with Gasteiger partial charge in [0.05, 0.1) is 0 Å². The minimum absolute atomic E-state index is 0.170. The minimum atomic E-state index is -0.505. The van der Waals surface area contributed by atoms with Crippen molar-refractivity contribution in [1.82, 2.24) is 15.1 Å². The number of rotatable bonds is 8. The molecule has 5 nitrogen and oxygen atoms in total. The summed E-state index contributed by atoms with van der Waals surface area (Å²) >= 11 is 0. The lowest BCUT2D eigenvalue weighted by Crippen LogP contribution is -2.64. The molecule has 3 N–H and O–H groups in total. The highest BCUT2D eigenvalue weighted by Crippen LogP contribution is 2.40. The first-order valence-electron chi connectivity index (χ1n) is 8.47. The van der Waals surface area contributed by atoms with Gasteiger partial charge in [-0.15, -0.1) is 0 Å². The van der Waals surface area contributed by atoms with Crippen LogP contribution in [0.15, 0.2) is 0 Å². The summed E-state index contributed by atoms with van der Waals surface area (Å²) in [5, 5.41) is 3.42. The summed E-state index contributed by atoms with van der Waals surface area (Å²) in [6.45, 7) is 13.6. The highest BCUT2D eigenvalue weighted by Gasteiger charge is 2.50. The molecule has 1 unspecified atom stereocenters. The van der Waals surface area contributed by atoms with Gasteiger partial charge in [-0.05, 0) is 31.2 Å². The van der Waals surface area contributed by atoms with E-state index in [1.54, 1.807) is 0 Å². The third-order valence-electron chi connectivity index (χ3n) is 4.77. The fourth-order valence-corrected chi connectivity index (χ4v) is 3.59. The fourth-order valence-electron chi connectivity index (χ4n) is 3.59. The summed E-state index contributed by atoms with van der Waals surface area (Å²) in [5.74, 6) is 0.981. The van der Waals surface area contributed by atoms with E-state index in [-0.39, 0.29) is 5.91 Å². The molecule has 5 heteroatoms. The van der Waals surface area contributed by atoms with E-state index in [4.69, 9.17) is 5.73 Å². The molecule has 0 aromatic heterocycles. The maximum absolute atomic E-state index is 12.1. The second-order valence-electron chi connectivity index (χ2n) is 7.11. The molecule has 2 rings (SSSR count). The van der Waals surface area contributed by atoms with Gasteiger partial charge in [-0.1, -0.05) is 20.8 Å². The Bertz CT molecular complexity index is 348. The molecule has 1 aliphatic carbocycles. The normalized spacial score (nSPS) is 24.2. The molecule has 1 aliphatic heterocycles. The molecule has 1 saturated carbocycles. The first-order chi connectivity index (χ1) is 9.98. The molecular formula is C16H32N4O. The highest BCUT2D eigenvalue weighted by molar-refractivity contribution is 5.86. The Morgan fingerprint density at radius 2 is 1.81 bits per heavy atom. The SMILES string of the molecule is CCNC(CN1CCN(CC(C)C)CC1)(C(N)=O)C1CC1. The Hall–Kier alpha value is -0.650. The smallest absolute Gasteiger partial charge is 0.239 e. The van der Waals surface area contributed by atoms with Crippen molar-refractivity contribution in [1.29, 1.82) is 0 Å². The molecule has 1 atom stereocenters. The first-order valence-corrected chi connectivity index (χ1v) is 8.47. The van der Waals surface area contributed by atoms with Crippen LogP contribution in [0.3, 0.4) is 0 Å². The van der Waals surface area contributed by atoms with Gasteiger partial charge >= 0.3 is 0 Å². The van der Waals surface area contributed by atoms with Crippen LogP contribution in [-0.4, -0.2) is 67.1 Å². The molecule has 122 valence electrons. The summed E-state index contributed by atoms with van der Waals surface area (Å²) in [5.41, 5.74) is 5.27. The quantitative estimate of drug-likeness (QED) is 0.685. The van der Waals surface area contributed by atoms with Gasteiger partial charge in [0.1, 0.15) is 5.54 Å². The van der Waals surface area contributed by atoms with Gasteiger partial charge in [0.25, 0.3) is 0 Å². The third kappa shape index (κ3) is 4.18. The zero-order valence-electron chi connectivity index (χ0n) is 13.9. The van der Waals surface area contributed by atoms with Crippen molar-refractivity contribution < 1.29 is 4.79 Å². The van der Waals surface area contributed by atoms with Crippen molar-refractivity contribution in [3.63, 3.8) is 0 Å². The molecule has 21 heavy (non-hydrogen) atoms. The molecule has 0 bridgehead atoms. The van der Waals surface area contributed by atoms with E-state index in [1.807, 2.05) is 0 Å². The molecule has 0 spiro atoms. The van der Waals surface area contributed by atoms with Gasteiger partial charge in [0.2, 0.25) is 5.91 Å². The number of piperazine rings is 1. The minimum Gasteiger partial charge on any atom is -0.368 e. The molecule has 2 aliphatic rings. The highest BCUT2D eigenvalue weighted by atomic mass is 16.1. The number of carbonyl (C=O) groups excluding carboxylic acids is 1. The van der Waals surface area contributed by atoms with Crippen molar-refractivity contribution in [2.45, 2.75) is 39.2 Å². The first kappa shape index (κ1) is 16.7. The Labute approximate surface area is 129 Å². The predicted molar refractivity (Wildman–Crippen MR) is 86.0 cm³/mol. The average molecular weight is 296 g/mol. The van der Waals surface area contributed by atoms with Gasteiger partial charge in [-0.25, -0.2) is 0 Å². The van der Waals surface area contributed by atoms with Gasteiger partial charge in [0, 0.05) is 39.3 Å². The van der Waals surface area contributed by atoms with Gasteiger partial charge in [-0.3, -0.25) is 9.69 Å². The molecule has 0 radical (unpaired) electrons. The fraction of sp³-hybridized carbons (Fsp3) is 0.938. The van der Waals surface area contributed by atoms with E-state index < -0.39 is 5.54 Å². The lowest BCUT2D eigenvalue weighted by Gasteiger charge is -2.41. The van der Waals surface area contributed by atoms with Crippen LogP contribution in [-0.2, 0) is 4.79 Å². The summed E-state index contributed by atoms with van der Waals surface area (Å²) in [4.78, 5) is 17.0. The molecule has 0 aromatic carbocycles. The van der Waals surface area contributed by atoms with E-state index in [0.29, 0.717) is 5.92 Å². The van der Waals surface area contributed by atoms with Crippen LogP contribution >= 0.6 is 0 Å². The van der Waals surface area contributed by atoms with Crippen molar-refractivity contribution in [3.8, 4) is 0 Å². The molecular weight excluding hydrogens is 264 g/mol. The Morgan fingerprint density at radius 3 is 2.24 bits per heavy atom. The zero-order valence-corrected chi connectivity index (χ0v) is 13.9. The number of hydrogen-bond donors (Lipinski definition) is 2. The van der Waals surface area contributed by atoms with Crippen LogP contribution in [0.1, 0.15) is 33.6 Å². The second-order valence-corrected chi connectivity index (χ2v) is 7.11. The molecule has 1 saturated heterocycles. The second kappa shape index (κ2) is 7.07. The summed E-state index contributed by atoms with van der Waals surface area (Å²) < 4.78 is 0. The Balaban J connectivity index is 1.91. The lowest BCUT2D eigenvalue weighted by atomic mass is 9.91. The van der Waals surface area contributed by atoms with E-state index in [1.165, 1.54) is 6.54 Å². The molecule has 1 heterocycles. The van der Waals surface area contributed by atoms with Crippen molar-refractivity contribution in [2.24, 2.45) is 17.6 Å². The number of amides is 1. The summed E-state index contributed by atoms with van der Waals surface area (Å²) in [7, 11) is 0. The number of nitrogens with zero attached hydrogens (tertiary/aromatic N) is 2. The van der Waals surface area contributed by atoms with E-state index >= 15 is 0 Å². The van der Waals surface area contributed by atoms with Gasteiger partial charge < -0.3 is 16.0 Å². The van der Waals surface area contributed by atoms with E-state index in [0.717, 1.165) is 58.0 Å². The number of likely N-dealkylation sites (N-methyl/N-ethyl adjacent to an activating group) is 1. The number of hydrogen-bond acceptors (Lipinski definition) is 4. The molecule has 2 fully saturated rings. The van der Waals surface area contributed by atoms with Crippen LogP contribution < -0.4 is 11.1 Å². The van der Waals surface area contributed by atoms with Crippen LogP contribution in [0.25, 0.3) is 0 Å². The maximum Gasteiger partial charge on any atom is 0.239 e. The number of nitrogens with one attached hydrogen (secondary N) is 1. The monoisotopic (exact) mass is 296 g/mol. The van der Waals surface area contributed by atoms with Crippen LogP contribution in [0, 0.1) is 11.8 Å². The molecule has 1 amide bonds. The standard InChI is InChI=1S/C16H32N4O/c1-4-18-16(15(17)21,14-5-6-14)12-20-9-7-19(8-10-20)11-13(2)3/h13-14,18H,4-12H2,1-3H3,(H2,17,21). The topological polar surface area (TPSA) is 61.6 Å². The van der Waals surface area contributed by atoms with Crippen molar-refractivity contribution >= 4 is 5.91 Å². The number of primary amides is 1. The van der Waals surface area contributed by atoms with Gasteiger partial charge in [0.15, 0.2) is 0 Å². The van der Waals surface area contributed by atoms with Crippen molar-refractivity contribution in [3.05, 3.63) is 0 Å². The van der Waals surface area contributed by atoms with Crippen LogP contribution in [0.2, 0.25) is 0 Å². The lowest BCUT2D eigenvalue weighted by molar-refractivity contribution is -0.126. The number of nitrogens with two attached hydrogens (primary N) is 1. The maximum atomic E-state index is 12.1. The summed E-state index contributed by atoms with van der Waals surface area (Å²) in [6.07, 6.45) is 2.26. The molecule has 0 aromatic rings. The predicted octanol–water partition coefficient (Wildman–Crippen LogP) is 0.504. The van der Waals surface area contributed by atoms with Crippen LogP contribution in [0.5, 0.6) is 0 Å². The van der Waals surface area contributed by atoms with E-state index in [9.17, 15) is 4.79 Å². The average Bonchev–Trinajstić information content (AvgIpc) is 3.24. The van der Waals surface area contributed by atoms with Gasteiger partial charge in [-0.2, -0.15) is 0 Å². The Morgan fingerprint density at radius 1 is 1.24 bits per heavy atom. The van der Waals surface area contributed by atoms with Crippen molar-refractivity contribution in [2.75, 3.05) is 45.8 Å². The third-order valence-corrected chi connectivity index (χ3v) is 4.77. The van der Waals surface area contributed by atoms with E-state index in [2.05, 4.69) is 35.9 Å².